The Morgan fingerprint density at radius 3 is 2.77 bits per heavy atom. The van der Waals surface area contributed by atoms with E-state index in [1.807, 2.05) is 44.2 Å². The van der Waals surface area contributed by atoms with Gasteiger partial charge in [-0.2, -0.15) is 0 Å². The molecule has 0 radical (unpaired) electrons. The second kappa shape index (κ2) is 8.41. The first-order chi connectivity index (χ1) is 12.4. The summed E-state index contributed by atoms with van der Waals surface area (Å²) in [6, 6.07) is 14.1. The van der Waals surface area contributed by atoms with Crippen molar-refractivity contribution in [3.63, 3.8) is 0 Å². The van der Waals surface area contributed by atoms with Crippen molar-refractivity contribution in [1.29, 1.82) is 0 Å². The molecule has 3 rings (SSSR count). The molecule has 0 aliphatic heterocycles. The van der Waals surface area contributed by atoms with E-state index < -0.39 is 0 Å². The van der Waals surface area contributed by atoms with Crippen LogP contribution in [0.2, 0.25) is 0 Å². The monoisotopic (exact) mass is 495 g/mol. The van der Waals surface area contributed by atoms with Crippen LogP contribution in [-0.4, -0.2) is 16.0 Å². The molecule has 1 aromatic heterocycles. The average molecular weight is 495 g/mol. The summed E-state index contributed by atoms with van der Waals surface area (Å²) < 4.78 is 2.25. The number of nitrogens with one attached hydrogen (secondary N) is 2. The van der Waals surface area contributed by atoms with Gasteiger partial charge in [-0.25, -0.2) is 4.98 Å². The van der Waals surface area contributed by atoms with E-state index in [0.29, 0.717) is 11.5 Å². The first kappa shape index (κ1) is 19.2. The second-order valence-electron chi connectivity index (χ2n) is 6.28. The van der Waals surface area contributed by atoms with Gasteiger partial charge in [0.25, 0.3) is 0 Å². The highest BCUT2D eigenvalue weighted by Gasteiger charge is 2.13. The van der Waals surface area contributed by atoms with Crippen LogP contribution in [0.4, 0.5) is 5.69 Å². The van der Waals surface area contributed by atoms with E-state index in [-0.39, 0.29) is 11.8 Å². The number of hydrogen-bond donors (Lipinski definition) is 2. The number of amides is 1. The first-order valence-corrected chi connectivity index (χ1v) is 10.5. The number of halogens is 1. The molecule has 3 aromatic rings. The maximum Gasteiger partial charge on any atom is 0.226 e. The van der Waals surface area contributed by atoms with E-state index in [9.17, 15) is 4.79 Å². The van der Waals surface area contributed by atoms with Gasteiger partial charge in [0, 0.05) is 15.6 Å². The average Bonchev–Trinajstić information content (AvgIpc) is 2.99. The molecule has 1 heterocycles. The van der Waals surface area contributed by atoms with Crippen molar-refractivity contribution in [2.75, 3.05) is 5.32 Å². The molecule has 0 aliphatic carbocycles. The van der Waals surface area contributed by atoms with E-state index >= 15 is 0 Å². The third-order valence-electron chi connectivity index (χ3n) is 3.60. The van der Waals surface area contributed by atoms with E-state index in [2.05, 4.69) is 45.4 Å². The first-order valence-electron chi connectivity index (χ1n) is 8.18. The molecule has 26 heavy (non-hydrogen) atoms. The Hall–Kier alpha value is -1.58. The topological polar surface area (TPSA) is 54.0 Å². The summed E-state index contributed by atoms with van der Waals surface area (Å²) in [7, 11) is 0. The number of fused-ring (bicyclic) bond motifs is 1. The van der Waals surface area contributed by atoms with Crippen LogP contribution < -0.4 is 10.6 Å². The third-order valence-corrected chi connectivity index (χ3v) is 5.55. The summed E-state index contributed by atoms with van der Waals surface area (Å²) in [5.74, 6) is 0.207. The van der Waals surface area contributed by atoms with Gasteiger partial charge in [-0.05, 0) is 71.1 Å². The number of nitrogens with zero attached hydrogens (tertiary/aromatic N) is 1. The lowest BCUT2D eigenvalue weighted by atomic mass is 10.1. The number of aromatic nitrogens is 1. The van der Waals surface area contributed by atoms with Crippen LogP contribution in [0.25, 0.3) is 20.8 Å². The zero-order chi connectivity index (χ0) is 18.7. The molecule has 134 valence electrons. The number of benzene rings is 2. The number of carbonyl (C=O) groups excluding carboxylic acids is 1. The van der Waals surface area contributed by atoms with Gasteiger partial charge in [0.2, 0.25) is 5.91 Å². The summed E-state index contributed by atoms with van der Waals surface area (Å²) in [5.41, 5.74) is 2.78. The van der Waals surface area contributed by atoms with Crippen LogP contribution in [0, 0.1) is 9.49 Å². The van der Waals surface area contributed by atoms with E-state index in [1.165, 1.54) is 0 Å². The fourth-order valence-electron chi connectivity index (χ4n) is 2.49. The molecule has 0 aliphatic rings. The lowest BCUT2D eigenvalue weighted by molar-refractivity contribution is -0.120. The fraction of sp³-hybridized carbons (Fsp3) is 0.211. The molecule has 0 bridgehead atoms. The van der Waals surface area contributed by atoms with Crippen LogP contribution in [-0.2, 0) is 4.79 Å². The normalized spacial score (nSPS) is 10.9. The molecule has 2 N–H and O–H groups in total. The van der Waals surface area contributed by atoms with E-state index in [4.69, 9.17) is 17.2 Å². The lowest BCUT2D eigenvalue weighted by Crippen LogP contribution is -2.34. The molecule has 0 saturated carbocycles. The lowest BCUT2D eigenvalue weighted by Gasteiger charge is -2.13. The van der Waals surface area contributed by atoms with Gasteiger partial charge in [0.15, 0.2) is 5.11 Å². The minimum atomic E-state index is -0.0791. The van der Waals surface area contributed by atoms with Gasteiger partial charge in [-0.1, -0.05) is 26.0 Å². The molecule has 0 saturated heterocycles. The maximum atomic E-state index is 11.9. The number of rotatable bonds is 4. The number of hydrogen-bond acceptors (Lipinski definition) is 4. The molecule has 4 nitrogen and oxygen atoms in total. The van der Waals surface area contributed by atoms with Crippen molar-refractivity contribution >= 4 is 73.1 Å². The summed E-state index contributed by atoms with van der Waals surface area (Å²) in [6.45, 7) is 4.00. The maximum absolute atomic E-state index is 11.9. The van der Waals surface area contributed by atoms with Gasteiger partial charge in [-0.15, -0.1) is 11.3 Å². The van der Waals surface area contributed by atoms with Crippen molar-refractivity contribution in [1.82, 2.24) is 10.3 Å². The Bertz CT molecular complexity index is 935. The third kappa shape index (κ3) is 4.77. The van der Waals surface area contributed by atoms with E-state index in [0.717, 1.165) is 30.0 Å². The molecular weight excluding hydrogens is 477 g/mol. The Kier molecular flexibility index (Phi) is 6.20. The van der Waals surface area contributed by atoms with Crippen molar-refractivity contribution in [2.24, 2.45) is 5.92 Å². The predicted molar refractivity (Wildman–Crippen MR) is 122 cm³/mol. The van der Waals surface area contributed by atoms with Crippen LogP contribution in [0.1, 0.15) is 20.3 Å². The molecule has 7 heteroatoms. The van der Waals surface area contributed by atoms with Crippen molar-refractivity contribution < 1.29 is 4.79 Å². The summed E-state index contributed by atoms with van der Waals surface area (Å²) in [5, 5.41) is 7.11. The summed E-state index contributed by atoms with van der Waals surface area (Å²) >= 11 is 9.23. The molecule has 0 fully saturated rings. The van der Waals surface area contributed by atoms with Crippen LogP contribution >= 0.6 is 46.1 Å². The van der Waals surface area contributed by atoms with Gasteiger partial charge < -0.3 is 10.6 Å². The molecular formula is C19H18IN3OS2. The predicted octanol–water partition coefficient (Wildman–Crippen LogP) is 5.43. The molecule has 1 amide bonds. The Morgan fingerprint density at radius 2 is 2.04 bits per heavy atom. The largest absolute Gasteiger partial charge is 0.332 e. The van der Waals surface area contributed by atoms with Gasteiger partial charge >= 0.3 is 0 Å². The van der Waals surface area contributed by atoms with Crippen LogP contribution in [0.15, 0.2) is 42.5 Å². The Labute approximate surface area is 175 Å². The number of para-hydroxylation sites is 1. The van der Waals surface area contributed by atoms with Crippen molar-refractivity contribution in [2.45, 2.75) is 20.3 Å². The number of thiocarbonyl (C=S) groups is 1. The zero-order valence-corrected chi connectivity index (χ0v) is 18.2. The highest BCUT2D eigenvalue weighted by Crippen LogP contribution is 2.35. The standard InChI is InChI=1S/C19H18IN3OS2/c1-11(2)9-17(24)23-19(25)22-14-8-7-12(20)10-13(14)18-21-15-5-3-4-6-16(15)26-18/h3-8,10-11H,9H2,1-2H3,(H2,22,23,24,25). The highest BCUT2D eigenvalue weighted by atomic mass is 127. The Morgan fingerprint density at radius 1 is 1.27 bits per heavy atom. The second-order valence-corrected chi connectivity index (χ2v) is 8.96. The van der Waals surface area contributed by atoms with E-state index in [1.54, 1.807) is 11.3 Å². The Balaban J connectivity index is 1.86. The molecule has 0 unspecified atom stereocenters. The minimum absolute atomic E-state index is 0.0791. The number of carbonyl (C=O) groups is 1. The van der Waals surface area contributed by atoms with Crippen molar-refractivity contribution in [3.05, 3.63) is 46.0 Å². The number of thiazole rings is 1. The zero-order valence-electron chi connectivity index (χ0n) is 14.4. The highest BCUT2D eigenvalue weighted by molar-refractivity contribution is 14.1. The van der Waals surface area contributed by atoms with Crippen LogP contribution in [0.3, 0.4) is 0 Å². The van der Waals surface area contributed by atoms with Gasteiger partial charge in [0.05, 0.1) is 15.9 Å². The van der Waals surface area contributed by atoms with Gasteiger partial charge in [-0.3, -0.25) is 4.79 Å². The van der Waals surface area contributed by atoms with Crippen LogP contribution in [0.5, 0.6) is 0 Å². The quantitative estimate of drug-likeness (QED) is 0.375. The fourth-order valence-corrected chi connectivity index (χ4v) is 4.20. The minimum Gasteiger partial charge on any atom is -0.332 e. The van der Waals surface area contributed by atoms with Gasteiger partial charge in [0.1, 0.15) is 5.01 Å². The molecule has 0 atom stereocenters. The molecule has 0 spiro atoms. The molecule has 2 aromatic carbocycles. The SMILES string of the molecule is CC(C)CC(=O)NC(=S)Nc1ccc(I)cc1-c1nc2ccccc2s1. The summed E-state index contributed by atoms with van der Waals surface area (Å²) in [4.78, 5) is 16.7. The summed E-state index contributed by atoms with van der Waals surface area (Å²) in [6.07, 6.45) is 0.444. The van der Waals surface area contributed by atoms with Crippen molar-refractivity contribution in [3.8, 4) is 10.6 Å². The smallest absolute Gasteiger partial charge is 0.226 e. The number of anilines is 1.